The van der Waals surface area contributed by atoms with E-state index in [1.54, 1.807) is 41.3 Å². The van der Waals surface area contributed by atoms with Gasteiger partial charge in [-0.25, -0.2) is 13.9 Å². The number of fused-ring (bicyclic) bond motifs is 1. The fraction of sp³-hybridized carbons (Fsp3) is 0.278. The normalized spacial score (nSPS) is 18.0. The fourth-order valence-electron chi connectivity index (χ4n) is 3.34. The topological polar surface area (TPSA) is 50.5 Å². The number of hydrogen-bond donors (Lipinski definition) is 0. The number of halogens is 1. The number of piperidine rings is 1. The average Bonchev–Trinajstić information content (AvgIpc) is 3.06. The Morgan fingerprint density at radius 3 is 2.88 bits per heavy atom. The molecule has 3 aromatic rings. The van der Waals surface area contributed by atoms with Crippen molar-refractivity contribution in [3.63, 3.8) is 0 Å². The molecule has 1 atom stereocenters. The van der Waals surface area contributed by atoms with Crippen molar-refractivity contribution in [2.24, 2.45) is 0 Å². The lowest BCUT2D eigenvalue weighted by Crippen LogP contribution is -2.38. The first-order valence-electron chi connectivity index (χ1n) is 8.09. The predicted octanol–water partition coefficient (Wildman–Crippen LogP) is 3.24. The molecule has 1 fully saturated rings. The predicted molar refractivity (Wildman–Crippen MR) is 87.0 cm³/mol. The van der Waals surface area contributed by atoms with Gasteiger partial charge in [-0.1, -0.05) is 12.1 Å². The zero-order chi connectivity index (χ0) is 16.5. The van der Waals surface area contributed by atoms with E-state index in [4.69, 9.17) is 0 Å². The molecule has 1 aromatic carbocycles. The van der Waals surface area contributed by atoms with E-state index in [0.717, 1.165) is 24.8 Å². The minimum atomic E-state index is -0.265. The second-order valence-electron chi connectivity index (χ2n) is 6.01. The third-order valence-corrected chi connectivity index (χ3v) is 4.53. The second kappa shape index (κ2) is 6.03. The molecule has 3 heterocycles. The molecule has 1 aliphatic rings. The Balaban J connectivity index is 1.69. The van der Waals surface area contributed by atoms with Gasteiger partial charge in [-0.2, -0.15) is 5.10 Å². The van der Waals surface area contributed by atoms with Gasteiger partial charge in [0.25, 0.3) is 5.91 Å². The molecular weight excluding hydrogens is 307 g/mol. The third-order valence-electron chi connectivity index (χ3n) is 4.53. The van der Waals surface area contributed by atoms with Crippen LogP contribution in [0.3, 0.4) is 0 Å². The highest BCUT2D eigenvalue weighted by Gasteiger charge is 2.30. The molecule has 1 amide bonds. The molecule has 2 aromatic heterocycles. The molecule has 0 bridgehead atoms. The number of amides is 1. The van der Waals surface area contributed by atoms with E-state index >= 15 is 0 Å². The Bertz CT molecular complexity index is 874. The highest BCUT2D eigenvalue weighted by atomic mass is 19.1. The van der Waals surface area contributed by atoms with E-state index in [2.05, 4.69) is 10.1 Å². The second-order valence-corrected chi connectivity index (χ2v) is 6.01. The van der Waals surface area contributed by atoms with Crippen LogP contribution >= 0.6 is 0 Å². The maximum Gasteiger partial charge on any atom is 0.259 e. The van der Waals surface area contributed by atoms with Crippen LogP contribution in [0.4, 0.5) is 4.39 Å². The van der Waals surface area contributed by atoms with Crippen LogP contribution in [-0.4, -0.2) is 31.9 Å². The van der Waals surface area contributed by atoms with Gasteiger partial charge in [0, 0.05) is 18.9 Å². The Labute approximate surface area is 138 Å². The maximum absolute atomic E-state index is 13.2. The van der Waals surface area contributed by atoms with Gasteiger partial charge in [0.1, 0.15) is 11.4 Å². The molecule has 4 rings (SSSR count). The summed E-state index contributed by atoms with van der Waals surface area (Å²) in [6, 6.07) is 8.16. The van der Waals surface area contributed by atoms with Gasteiger partial charge in [-0.05, 0) is 43.0 Å². The van der Waals surface area contributed by atoms with E-state index in [0.29, 0.717) is 17.8 Å². The lowest BCUT2D eigenvalue weighted by Gasteiger charge is -2.36. The van der Waals surface area contributed by atoms with E-state index in [-0.39, 0.29) is 17.8 Å². The first kappa shape index (κ1) is 14.8. The quantitative estimate of drug-likeness (QED) is 0.727. The van der Waals surface area contributed by atoms with Crippen molar-refractivity contribution in [2.75, 3.05) is 6.54 Å². The number of likely N-dealkylation sites (tertiary alicyclic amines) is 1. The molecule has 0 N–H and O–H groups in total. The molecule has 122 valence electrons. The van der Waals surface area contributed by atoms with Crippen LogP contribution in [0.2, 0.25) is 0 Å². The summed E-state index contributed by atoms with van der Waals surface area (Å²) in [6.45, 7) is 0.686. The van der Waals surface area contributed by atoms with Crippen LogP contribution in [0.1, 0.15) is 41.2 Å². The van der Waals surface area contributed by atoms with Crippen LogP contribution in [-0.2, 0) is 0 Å². The summed E-state index contributed by atoms with van der Waals surface area (Å²) in [5.74, 6) is -0.336. The first-order chi connectivity index (χ1) is 11.7. The summed E-state index contributed by atoms with van der Waals surface area (Å²) in [4.78, 5) is 19.2. The molecule has 1 saturated heterocycles. The highest BCUT2D eigenvalue weighted by Crippen LogP contribution is 2.32. The molecular formula is C18H17FN4O. The van der Waals surface area contributed by atoms with Crippen LogP contribution in [0.5, 0.6) is 0 Å². The van der Waals surface area contributed by atoms with E-state index in [1.165, 1.54) is 12.1 Å². The summed E-state index contributed by atoms with van der Waals surface area (Å²) >= 11 is 0. The summed E-state index contributed by atoms with van der Waals surface area (Å²) in [7, 11) is 0. The summed E-state index contributed by atoms with van der Waals surface area (Å²) in [6.07, 6.45) is 7.90. The lowest BCUT2D eigenvalue weighted by atomic mass is 9.94. The van der Waals surface area contributed by atoms with Crippen molar-refractivity contribution < 1.29 is 9.18 Å². The zero-order valence-corrected chi connectivity index (χ0v) is 13.1. The van der Waals surface area contributed by atoms with Crippen molar-refractivity contribution >= 4 is 11.6 Å². The minimum Gasteiger partial charge on any atom is -0.331 e. The smallest absolute Gasteiger partial charge is 0.259 e. The standard InChI is InChI=1S/C18H17FN4O/c19-14-7-5-13(6-8-14)16-4-1-2-10-22(16)18(24)15-12-21-23-11-3-9-20-17(15)23/h3,5-9,11-12,16H,1-2,4,10H2/t16-/m1/s1. The zero-order valence-electron chi connectivity index (χ0n) is 13.1. The number of carbonyl (C=O) groups excluding carboxylic acids is 1. The largest absolute Gasteiger partial charge is 0.331 e. The SMILES string of the molecule is O=C(c1cnn2cccnc12)N1CCCC[C@@H]1c1ccc(F)cc1. The highest BCUT2D eigenvalue weighted by molar-refractivity contribution is 5.99. The summed E-state index contributed by atoms with van der Waals surface area (Å²) in [5.41, 5.74) is 2.03. The Morgan fingerprint density at radius 1 is 1.21 bits per heavy atom. The van der Waals surface area contributed by atoms with Crippen molar-refractivity contribution in [3.8, 4) is 0 Å². The fourth-order valence-corrected chi connectivity index (χ4v) is 3.34. The lowest BCUT2D eigenvalue weighted by molar-refractivity contribution is 0.0613. The van der Waals surface area contributed by atoms with Gasteiger partial charge in [0.15, 0.2) is 5.65 Å². The molecule has 6 heteroatoms. The average molecular weight is 324 g/mol. The van der Waals surface area contributed by atoms with Gasteiger partial charge in [-0.15, -0.1) is 0 Å². The van der Waals surface area contributed by atoms with Crippen LogP contribution < -0.4 is 0 Å². The van der Waals surface area contributed by atoms with Gasteiger partial charge in [0.2, 0.25) is 0 Å². The summed E-state index contributed by atoms with van der Waals surface area (Å²) < 4.78 is 14.8. The van der Waals surface area contributed by atoms with Crippen LogP contribution in [0.15, 0.2) is 48.9 Å². The van der Waals surface area contributed by atoms with Gasteiger partial charge < -0.3 is 4.90 Å². The van der Waals surface area contributed by atoms with Crippen molar-refractivity contribution in [3.05, 3.63) is 65.9 Å². The van der Waals surface area contributed by atoms with E-state index in [1.807, 2.05) is 4.90 Å². The maximum atomic E-state index is 13.2. The number of carbonyl (C=O) groups is 1. The van der Waals surface area contributed by atoms with Gasteiger partial charge in [0.05, 0.1) is 12.2 Å². The van der Waals surface area contributed by atoms with Crippen molar-refractivity contribution in [1.82, 2.24) is 19.5 Å². The molecule has 1 aliphatic heterocycles. The van der Waals surface area contributed by atoms with Crippen molar-refractivity contribution in [2.45, 2.75) is 25.3 Å². The van der Waals surface area contributed by atoms with Crippen molar-refractivity contribution in [1.29, 1.82) is 0 Å². The monoisotopic (exact) mass is 324 g/mol. The van der Waals surface area contributed by atoms with Crippen LogP contribution in [0.25, 0.3) is 5.65 Å². The number of nitrogens with zero attached hydrogens (tertiary/aromatic N) is 4. The molecule has 5 nitrogen and oxygen atoms in total. The summed E-state index contributed by atoms with van der Waals surface area (Å²) in [5, 5.41) is 4.20. The Kier molecular flexibility index (Phi) is 3.72. The first-order valence-corrected chi connectivity index (χ1v) is 8.09. The number of hydrogen-bond acceptors (Lipinski definition) is 3. The minimum absolute atomic E-state index is 0.0366. The number of benzene rings is 1. The molecule has 0 radical (unpaired) electrons. The number of rotatable bonds is 2. The molecule has 24 heavy (non-hydrogen) atoms. The Hall–Kier alpha value is -2.76. The van der Waals surface area contributed by atoms with Gasteiger partial charge in [-0.3, -0.25) is 4.79 Å². The van der Waals surface area contributed by atoms with E-state index < -0.39 is 0 Å². The van der Waals surface area contributed by atoms with Crippen LogP contribution in [0, 0.1) is 5.82 Å². The molecule has 0 spiro atoms. The third kappa shape index (κ3) is 2.54. The van der Waals surface area contributed by atoms with Gasteiger partial charge >= 0.3 is 0 Å². The molecule has 0 unspecified atom stereocenters. The molecule has 0 aliphatic carbocycles. The Morgan fingerprint density at radius 2 is 2.04 bits per heavy atom. The van der Waals surface area contributed by atoms with E-state index in [9.17, 15) is 9.18 Å². The molecule has 0 saturated carbocycles. The number of aromatic nitrogens is 3.